The minimum absolute atomic E-state index is 0.145. The number of amides is 1. The van der Waals surface area contributed by atoms with Crippen molar-refractivity contribution in [1.82, 2.24) is 9.80 Å². The van der Waals surface area contributed by atoms with Crippen molar-refractivity contribution in [3.63, 3.8) is 0 Å². The fraction of sp³-hybridized carbons (Fsp3) is 0.417. The van der Waals surface area contributed by atoms with Crippen LogP contribution in [0.5, 0.6) is 5.75 Å². The summed E-state index contributed by atoms with van der Waals surface area (Å²) >= 11 is 1.48. The molecule has 1 saturated heterocycles. The number of thiophene rings is 1. The number of carbonyl (C=O) groups excluding carboxylic acids is 2. The molecule has 0 aliphatic carbocycles. The molecule has 0 bridgehead atoms. The van der Waals surface area contributed by atoms with E-state index in [-0.39, 0.29) is 11.3 Å². The number of likely N-dealkylation sites (tertiary alicyclic amines) is 1. The molecule has 1 aliphatic heterocycles. The number of Topliss-reactive ketones (excluding diaryl/α,β-unsaturated/α-hetero) is 1. The number of carbonyl (C=O) groups is 2. The predicted molar refractivity (Wildman–Crippen MR) is 123 cm³/mol. The molecule has 0 radical (unpaired) electrons. The van der Waals surface area contributed by atoms with Crippen LogP contribution in [0.2, 0.25) is 0 Å². The van der Waals surface area contributed by atoms with Gasteiger partial charge >= 0.3 is 0 Å². The van der Waals surface area contributed by atoms with Gasteiger partial charge in [-0.3, -0.25) is 9.59 Å². The third kappa shape index (κ3) is 4.67. The average molecular weight is 443 g/mol. The first-order chi connectivity index (χ1) is 14.9. The molecule has 1 aliphatic rings. The van der Waals surface area contributed by atoms with E-state index in [0.717, 1.165) is 29.3 Å². The molecule has 1 aromatic carbocycles. The summed E-state index contributed by atoms with van der Waals surface area (Å²) in [6, 6.07) is 8.51. The van der Waals surface area contributed by atoms with Gasteiger partial charge in [0.05, 0.1) is 18.2 Å². The van der Waals surface area contributed by atoms with Gasteiger partial charge < -0.3 is 19.6 Å². The van der Waals surface area contributed by atoms with Crippen LogP contribution in [0.4, 0.5) is 0 Å². The number of ketones is 1. The van der Waals surface area contributed by atoms with E-state index in [2.05, 4.69) is 18.7 Å². The van der Waals surface area contributed by atoms with Crippen molar-refractivity contribution < 1.29 is 19.4 Å². The number of benzene rings is 1. The topological polar surface area (TPSA) is 70.1 Å². The van der Waals surface area contributed by atoms with Crippen molar-refractivity contribution in [3.8, 4) is 5.75 Å². The van der Waals surface area contributed by atoms with Gasteiger partial charge in [-0.05, 0) is 62.1 Å². The quantitative estimate of drug-likeness (QED) is 0.358. The highest BCUT2D eigenvalue weighted by Gasteiger charge is 2.46. The monoisotopic (exact) mass is 442 g/mol. The van der Waals surface area contributed by atoms with E-state index in [1.807, 2.05) is 31.4 Å². The molecule has 31 heavy (non-hydrogen) atoms. The molecule has 3 rings (SSSR count). The van der Waals surface area contributed by atoms with E-state index >= 15 is 0 Å². The van der Waals surface area contributed by atoms with Crippen LogP contribution >= 0.6 is 11.3 Å². The summed E-state index contributed by atoms with van der Waals surface area (Å²) in [6.07, 6.45) is 0. The Morgan fingerprint density at radius 2 is 1.94 bits per heavy atom. The van der Waals surface area contributed by atoms with Crippen molar-refractivity contribution in [2.75, 3.05) is 32.8 Å². The highest BCUT2D eigenvalue weighted by molar-refractivity contribution is 7.10. The van der Waals surface area contributed by atoms with Crippen LogP contribution in [0, 0.1) is 6.92 Å². The summed E-state index contributed by atoms with van der Waals surface area (Å²) in [6.45, 7) is 11.3. The fourth-order valence-electron chi connectivity index (χ4n) is 3.91. The van der Waals surface area contributed by atoms with Crippen molar-refractivity contribution in [1.29, 1.82) is 0 Å². The van der Waals surface area contributed by atoms with Crippen molar-refractivity contribution in [3.05, 3.63) is 57.3 Å². The van der Waals surface area contributed by atoms with E-state index in [4.69, 9.17) is 4.74 Å². The maximum absolute atomic E-state index is 13.0. The Kier molecular flexibility index (Phi) is 7.51. The third-order valence-corrected chi connectivity index (χ3v) is 6.58. The van der Waals surface area contributed by atoms with Crippen LogP contribution in [0.3, 0.4) is 0 Å². The molecule has 1 fully saturated rings. The van der Waals surface area contributed by atoms with Gasteiger partial charge in [-0.1, -0.05) is 19.9 Å². The Bertz CT molecular complexity index is 964. The average Bonchev–Trinajstić information content (AvgIpc) is 3.38. The first-order valence-electron chi connectivity index (χ1n) is 10.7. The Balaban J connectivity index is 2.03. The smallest absolute Gasteiger partial charge is 0.295 e. The van der Waals surface area contributed by atoms with Gasteiger partial charge in [-0.15, -0.1) is 11.3 Å². The molecule has 7 heteroatoms. The summed E-state index contributed by atoms with van der Waals surface area (Å²) in [5.41, 5.74) is 1.51. The van der Waals surface area contributed by atoms with E-state index < -0.39 is 17.7 Å². The molecule has 6 nitrogen and oxygen atoms in total. The van der Waals surface area contributed by atoms with Gasteiger partial charge in [0.25, 0.3) is 11.7 Å². The van der Waals surface area contributed by atoms with Crippen molar-refractivity contribution in [2.24, 2.45) is 0 Å². The first-order valence-corrected chi connectivity index (χ1v) is 11.6. The second-order valence-corrected chi connectivity index (χ2v) is 8.43. The second-order valence-electron chi connectivity index (χ2n) is 7.45. The van der Waals surface area contributed by atoms with E-state index in [1.165, 1.54) is 11.3 Å². The van der Waals surface area contributed by atoms with E-state index in [0.29, 0.717) is 25.3 Å². The molecule has 2 aromatic rings. The number of aliphatic hydroxyl groups excluding tert-OH is 1. The van der Waals surface area contributed by atoms with Gasteiger partial charge in [0.15, 0.2) is 0 Å². The Hall–Kier alpha value is -2.64. The SMILES string of the molecule is CCOc1ccc(/C(O)=C2/C(=O)C(=O)N(CCN(CC)CC)C2c2cccs2)cc1C. The normalized spacial score (nSPS) is 18.2. The van der Waals surface area contributed by atoms with Crippen LogP contribution in [-0.4, -0.2) is 59.4 Å². The number of aliphatic hydroxyl groups is 1. The molecule has 1 amide bonds. The Labute approximate surface area is 187 Å². The van der Waals surface area contributed by atoms with E-state index in [1.54, 1.807) is 23.1 Å². The van der Waals surface area contributed by atoms with E-state index in [9.17, 15) is 14.7 Å². The minimum Gasteiger partial charge on any atom is -0.507 e. The van der Waals surface area contributed by atoms with Gasteiger partial charge in [0, 0.05) is 23.5 Å². The molecule has 2 heterocycles. The number of hydrogen-bond donors (Lipinski definition) is 1. The van der Waals surface area contributed by atoms with Gasteiger partial charge in [0.2, 0.25) is 0 Å². The lowest BCUT2D eigenvalue weighted by atomic mass is 9.98. The predicted octanol–water partition coefficient (Wildman–Crippen LogP) is 4.22. The Morgan fingerprint density at radius 3 is 2.52 bits per heavy atom. The highest BCUT2D eigenvalue weighted by atomic mass is 32.1. The standard InChI is InChI=1S/C24H30N2O4S/c1-5-25(6-2)12-13-26-21(19-9-8-14-31-19)20(23(28)24(26)29)22(27)17-10-11-18(30-7-3)16(4)15-17/h8-11,14-15,21,27H,5-7,12-13H2,1-4H3/b22-20-. The number of likely N-dealkylation sites (N-methyl/N-ethyl adjacent to an activating group) is 1. The Morgan fingerprint density at radius 1 is 1.19 bits per heavy atom. The van der Waals surface area contributed by atoms with Crippen LogP contribution in [0.1, 0.15) is 42.8 Å². The lowest BCUT2D eigenvalue weighted by Crippen LogP contribution is -2.37. The second kappa shape index (κ2) is 10.1. The van der Waals surface area contributed by atoms with Gasteiger partial charge in [0.1, 0.15) is 11.5 Å². The molecule has 0 spiro atoms. The summed E-state index contributed by atoms with van der Waals surface area (Å²) in [4.78, 5) is 30.7. The summed E-state index contributed by atoms with van der Waals surface area (Å²) in [7, 11) is 0. The fourth-order valence-corrected chi connectivity index (χ4v) is 4.76. The van der Waals surface area contributed by atoms with Gasteiger partial charge in [-0.2, -0.15) is 0 Å². The number of hydrogen-bond acceptors (Lipinski definition) is 6. The summed E-state index contributed by atoms with van der Waals surface area (Å²) in [5, 5.41) is 13.1. The van der Waals surface area contributed by atoms with Crippen LogP contribution in [0.25, 0.3) is 5.76 Å². The lowest BCUT2D eigenvalue weighted by molar-refractivity contribution is -0.140. The maximum Gasteiger partial charge on any atom is 0.295 e. The lowest BCUT2D eigenvalue weighted by Gasteiger charge is -2.27. The zero-order chi connectivity index (χ0) is 22.5. The molecule has 166 valence electrons. The number of nitrogens with zero attached hydrogens (tertiary/aromatic N) is 2. The van der Waals surface area contributed by atoms with Crippen LogP contribution in [-0.2, 0) is 9.59 Å². The molecular formula is C24H30N2O4S. The van der Waals surface area contributed by atoms with Crippen molar-refractivity contribution in [2.45, 2.75) is 33.7 Å². The largest absolute Gasteiger partial charge is 0.507 e. The number of ether oxygens (including phenoxy) is 1. The summed E-state index contributed by atoms with van der Waals surface area (Å²) < 4.78 is 5.58. The molecule has 0 saturated carbocycles. The first kappa shape index (κ1) is 23.0. The molecular weight excluding hydrogens is 412 g/mol. The third-order valence-electron chi connectivity index (χ3n) is 5.65. The molecule has 1 unspecified atom stereocenters. The van der Waals surface area contributed by atoms with Crippen LogP contribution < -0.4 is 4.74 Å². The van der Waals surface area contributed by atoms with Crippen molar-refractivity contribution >= 4 is 28.8 Å². The van der Waals surface area contributed by atoms with Crippen LogP contribution in [0.15, 0.2) is 41.3 Å². The molecule has 1 atom stereocenters. The molecule has 1 N–H and O–H groups in total. The zero-order valence-electron chi connectivity index (χ0n) is 18.6. The highest BCUT2D eigenvalue weighted by Crippen LogP contribution is 2.41. The number of rotatable bonds is 9. The van der Waals surface area contributed by atoms with Gasteiger partial charge in [-0.25, -0.2) is 0 Å². The maximum atomic E-state index is 13.0. The number of aryl methyl sites for hydroxylation is 1. The minimum atomic E-state index is -0.637. The molecule has 1 aromatic heterocycles. The zero-order valence-corrected chi connectivity index (χ0v) is 19.4. The summed E-state index contributed by atoms with van der Waals surface area (Å²) in [5.74, 6) is -0.612.